The van der Waals surface area contributed by atoms with Crippen LogP contribution in [0.15, 0.2) is 45.3 Å². The SMILES string of the molecule is O=C(COC(=O)c1cccc(F)c1)Nc1c(Br)cc([N+](=O)[O-])cc1Br. The molecule has 1 amide bonds. The van der Waals surface area contributed by atoms with Crippen LogP contribution in [-0.4, -0.2) is 23.4 Å². The van der Waals surface area contributed by atoms with Crippen LogP contribution in [0.4, 0.5) is 15.8 Å². The average Bonchev–Trinajstić information content (AvgIpc) is 2.55. The lowest BCUT2D eigenvalue weighted by Crippen LogP contribution is -2.21. The van der Waals surface area contributed by atoms with E-state index in [1.54, 1.807) is 0 Å². The van der Waals surface area contributed by atoms with Crippen LogP contribution in [-0.2, 0) is 9.53 Å². The van der Waals surface area contributed by atoms with Gasteiger partial charge in [-0.1, -0.05) is 6.07 Å². The molecule has 0 aliphatic carbocycles. The van der Waals surface area contributed by atoms with Crippen LogP contribution >= 0.6 is 31.9 Å². The van der Waals surface area contributed by atoms with Crippen LogP contribution in [0.2, 0.25) is 0 Å². The Morgan fingerprint density at radius 1 is 1.20 bits per heavy atom. The van der Waals surface area contributed by atoms with Gasteiger partial charge in [-0.15, -0.1) is 0 Å². The molecule has 0 aromatic heterocycles. The minimum absolute atomic E-state index is 0.0227. The number of hydrogen-bond acceptors (Lipinski definition) is 5. The number of non-ortho nitro benzene ring substituents is 1. The second-order valence-corrected chi connectivity index (χ2v) is 6.38. The van der Waals surface area contributed by atoms with Crippen molar-refractivity contribution in [1.29, 1.82) is 0 Å². The smallest absolute Gasteiger partial charge is 0.338 e. The Bertz CT molecular complexity index is 837. The van der Waals surface area contributed by atoms with Gasteiger partial charge < -0.3 is 10.1 Å². The molecule has 0 spiro atoms. The molecule has 0 heterocycles. The molecule has 0 aliphatic heterocycles. The third-order valence-electron chi connectivity index (χ3n) is 2.90. The number of esters is 1. The van der Waals surface area contributed by atoms with Crippen LogP contribution in [0.3, 0.4) is 0 Å². The summed E-state index contributed by atoms with van der Waals surface area (Å²) >= 11 is 6.24. The Hall–Kier alpha value is -2.33. The van der Waals surface area contributed by atoms with Crippen molar-refractivity contribution in [3.8, 4) is 0 Å². The highest BCUT2D eigenvalue weighted by Crippen LogP contribution is 2.35. The Morgan fingerprint density at radius 3 is 2.40 bits per heavy atom. The van der Waals surface area contributed by atoms with Gasteiger partial charge in [-0.2, -0.15) is 0 Å². The lowest BCUT2D eigenvalue weighted by atomic mass is 10.2. The maximum Gasteiger partial charge on any atom is 0.338 e. The zero-order valence-electron chi connectivity index (χ0n) is 12.3. The molecule has 0 fully saturated rings. The first-order valence-corrected chi connectivity index (χ1v) is 8.22. The molecule has 130 valence electrons. The van der Waals surface area contributed by atoms with Crippen molar-refractivity contribution in [2.45, 2.75) is 0 Å². The lowest BCUT2D eigenvalue weighted by Gasteiger charge is -2.10. The first-order valence-electron chi connectivity index (χ1n) is 6.64. The van der Waals surface area contributed by atoms with Crippen LogP contribution in [0, 0.1) is 15.9 Å². The molecule has 0 bridgehead atoms. The van der Waals surface area contributed by atoms with E-state index in [-0.39, 0.29) is 25.9 Å². The fraction of sp³-hybridized carbons (Fsp3) is 0.0667. The number of hydrogen-bond donors (Lipinski definition) is 1. The first kappa shape index (κ1) is 19.0. The van der Waals surface area contributed by atoms with Crippen LogP contribution < -0.4 is 5.32 Å². The summed E-state index contributed by atoms with van der Waals surface area (Å²) in [5.74, 6) is -2.12. The van der Waals surface area contributed by atoms with Gasteiger partial charge in [0, 0.05) is 21.1 Å². The van der Waals surface area contributed by atoms with Crippen molar-refractivity contribution in [2.75, 3.05) is 11.9 Å². The number of carbonyl (C=O) groups is 2. The number of benzene rings is 2. The van der Waals surface area contributed by atoms with E-state index in [1.165, 1.54) is 30.3 Å². The molecular formula is C15H9Br2FN2O5. The number of nitrogens with one attached hydrogen (secondary N) is 1. The van der Waals surface area contributed by atoms with Crippen LogP contribution in [0.1, 0.15) is 10.4 Å². The molecule has 2 rings (SSSR count). The van der Waals surface area contributed by atoms with Crippen LogP contribution in [0.5, 0.6) is 0 Å². The Balaban J connectivity index is 2.01. The number of nitrogens with zero attached hydrogens (tertiary/aromatic N) is 1. The molecule has 2 aromatic rings. The van der Waals surface area contributed by atoms with Gasteiger partial charge in [0.05, 0.1) is 16.2 Å². The molecule has 0 saturated carbocycles. The number of carbonyl (C=O) groups excluding carboxylic acids is 2. The molecule has 0 aliphatic rings. The first-order chi connectivity index (χ1) is 11.8. The van der Waals surface area contributed by atoms with E-state index >= 15 is 0 Å². The number of rotatable bonds is 5. The molecule has 2 aromatic carbocycles. The molecule has 10 heteroatoms. The quantitative estimate of drug-likeness (QED) is 0.399. The highest BCUT2D eigenvalue weighted by atomic mass is 79.9. The van der Waals surface area contributed by atoms with Gasteiger partial charge in [0.2, 0.25) is 0 Å². The largest absolute Gasteiger partial charge is 0.452 e. The number of anilines is 1. The summed E-state index contributed by atoms with van der Waals surface area (Å²) in [5.41, 5.74) is 0.0529. The van der Waals surface area contributed by atoms with Crippen molar-refractivity contribution < 1.29 is 23.6 Å². The summed E-state index contributed by atoms with van der Waals surface area (Å²) in [5, 5.41) is 13.2. The predicted octanol–water partition coefficient (Wildman–Crippen LogP) is 4.05. The molecular weight excluding hydrogens is 467 g/mol. The van der Waals surface area contributed by atoms with E-state index in [0.29, 0.717) is 0 Å². The second kappa shape index (κ2) is 8.17. The van der Waals surface area contributed by atoms with Gasteiger partial charge in [-0.05, 0) is 50.1 Å². The summed E-state index contributed by atoms with van der Waals surface area (Å²) < 4.78 is 18.4. The monoisotopic (exact) mass is 474 g/mol. The normalized spacial score (nSPS) is 10.2. The number of halogens is 3. The van der Waals surface area contributed by atoms with E-state index in [9.17, 15) is 24.1 Å². The molecule has 0 atom stereocenters. The zero-order valence-corrected chi connectivity index (χ0v) is 15.5. The van der Waals surface area contributed by atoms with Gasteiger partial charge >= 0.3 is 5.97 Å². The summed E-state index contributed by atoms with van der Waals surface area (Å²) in [6.07, 6.45) is 0. The Morgan fingerprint density at radius 2 is 1.84 bits per heavy atom. The standard InChI is InChI=1S/C15H9Br2FN2O5/c16-11-5-10(20(23)24)6-12(17)14(11)19-13(21)7-25-15(22)8-2-1-3-9(18)4-8/h1-6H,7H2,(H,19,21). The van der Waals surface area contributed by atoms with E-state index in [0.717, 1.165) is 6.07 Å². The number of nitro benzene ring substituents is 1. The van der Waals surface area contributed by atoms with Gasteiger partial charge in [-0.3, -0.25) is 14.9 Å². The highest BCUT2D eigenvalue weighted by molar-refractivity contribution is 9.11. The van der Waals surface area contributed by atoms with Gasteiger partial charge in [0.1, 0.15) is 5.82 Å². The summed E-state index contributed by atoms with van der Waals surface area (Å²) in [6, 6.07) is 7.30. The van der Waals surface area contributed by atoms with Crippen LogP contribution in [0.25, 0.3) is 0 Å². The predicted molar refractivity (Wildman–Crippen MR) is 93.8 cm³/mol. The molecule has 1 N–H and O–H groups in total. The minimum atomic E-state index is -0.850. The molecule has 0 radical (unpaired) electrons. The van der Waals surface area contributed by atoms with E-state index < -0.39 is 29.2 Å². The third kappa shape index (κ3) is 5.07. The Kier molecular flexibility index (Phi) is 6.21. The number of amides is 1. The molecule has 0 unspecified atom stereocenters. The van der Waals surface area contributed by atoms with E-state index in [4.69, 9.17) is 4.74 Å². The lowest BCUT2D eigenvalue weighted by molar-refractivity contribution is -0.385. The van der Waals surface area contributed by atoms with Crippen molar-refractivity contribution in [3.63, 3.8) is 0 Å². The van der Waals surface area contributed by atoms with Crippen molar-refractivity contribution in [2.24, 2.45) is 0 Å². The van der Waals surface area contributed by atoms with Gasteiger partial charge in [0.15, 0.2) is 6.61 Å². The number of ether oxygens (including phenoxy) is 1. The maximum absolute atomic E-state index is 13.0. The summed E-state index contributed by atoms with van der Waals surface area (Å²) in [4.78, 5) is 33.8. The van der Waals surface area contributed by atoms with E-state index in [1.807, 2.05) is 0 Å². The molecule has 7 nitrogen and oxygen atoms in total. The number of nitro groups is 1. The average molecular weight is 476 g/mol. The fourth-order valence-electron chi connectivity index (χ4n) is 1.79. The zero-order chi connectivity index (χ0) is 18.6. The fourth-order valence-corrected chi connectivity index (χ4v) is 3.15. The van der Waals surface area contributed by atoms with Crippen molar-refractivity contribution >= 4 is 55.1 Å². The van der Waals surface area contributed by atoms with Crippen molar-refractivity contribution in [1.82, 2.24) is 0 Å². The molecule has 25 heavy (non-hydrogen) atoms. The van der Waals surface area contributed by atoms with Crippen molar-refractivity contribution in [3.05, 3.63) is 66.8 Å². The van der Waals surface area contributed by atoms with Gasteiger partial charge in [-0.25, -0.2) is 9.18 Å². The third-order valence-corrected chi connectivity index (χ3v) is 4.15. The topological polar surface area (TPSA) is 98.5 Å². The Labute approximate surface area is 157 Å². The second-order valence-electron chi connectivity index (χ2n) is 4.68. The van der Waals surface area contributed by atoms with E-state index in [2.05, 4.69) is 37.2 Å². The maximum atomic E-state index is 13.0. The minimum Gasteiger partial charge on any atom is -0.452 e. The summed E-state index contributed by atoms with van der Waals surface area (Å²) in [7, 11) is 0. The summed E-state index contributed by atoms with van der Waals surface area (Å²) in [6.45, 7) is -0.606. The molecule has 0 saturated heterocycles. The highest BCUT2D eigenvalue weighted by Gasteiger charge is 2.17. The van der Waals surface area contributed by atoms with Gasteiger partial charge in [0.25, 0.3) is 11.6 Å².